The first-order valence-electron chi connectivity index (χ1n) is 6.52. The molecule has 0 amide bonds. The molecule has 2 heterocycles. The SMILES string of the molecule is Clc1ccc(N2CCN(Cc3cncs3)CC2)cc1Cl. The summed E-state index contributed by atoms with van der Waals surface area (Å²) < 4.78 is 0. The third-order valence-corrected chi connectivity index (χ3v) is 5.01. The van der Waals surface area contributed by atoms with Gasteiger partial charge >= 0.3 is 0 Å². The molecule has 0 bridgehead atoms. The molecule has 0 atom stereocenters. The number of rotatable bonds is 3. The zero-order valence-corrected chi connectivity index (χ0v) is 13.3. The number of benzene rings is 1. The van der Waals surface area contributed by atoms with Gasteiger partial charge in [-0.1, -0.05) is 23.2 Å². The highest BCUT2D eigenvalue weighted by molar-refractivity contribution is 7.09. The van der Waals surface area contributed by atoms with Gasteiger partial charge in [0.1, 0.15) is 0 Å². The van der Waals surface area contributed by atoms with Gasteiger partial charge in [-0.15, -0.1) is 11.3 Å². The minimum Gasteiger partial charge on any atom is -0.369 e. The fraction of sp³-hybridized carbons (Fsp3) is 0.357. The van der Waals surface area contributed by atoms with Gasteiger partial charge in [0.2, 0.25) is 0 Å². The maximum absolute atomic E-state index is 6.08. The molecule has 0 unspecified atom stereocenters. The monoisotopic (exact) mass is 327 g/mol. The van der Waals surface area contributed by atoms with E-state index in [9.17, 15) is 0 Å². The van der Waals surface area contributed by atoms with Gasteiger partial charge in [0.15, 0.2) is 0 Å². The lowest BCUT2D eigenvalue weighted by atomic mass is 10.2. The summed E-state index contributed by atoms with van der Waals surface area (Å²) >= 11 is 13.8. The number of piperazine rings is 1. The molecule has 1 aliphatic heterocycles. The van der Waals surface area contributed by atoms with E-state index in [1.807, 2.05) is 29.9 Å². The molecule has 0 saturated carbocycles. The zero-order valence-electron chi connectivity index (χ0n) is 10.9. The van der Waals surface area contributed by atoms with Crippen LogP contribution in [0.15, 0.2) is 29.9 Å². The molecule has 0 spiro atoms. The van der Waals surface area contributed by atoms with Gasteiger partial charge in [-0.2, -0.15) is 0 Å². The van der Waals surface area contributed by atoms with Gasteiger partial charge in [0.05, 0.1) is 15.6 Å². The van der Waals surface area contributed by atoms with Crippen molar-refractivity contribution in [1.29, 1.82) is 0 Å². The maximum atomic E-state index is 6.08. The first-order valence-corrected chi connectivity index (χ1v) is 8.15. The van der Waals surface area contributed by atoms with Crippen molar-refractivity contribution in [3.8, 4) is 0 Å². The fourth-order valence-corrected chi connectivity index (χ4v) is 3.31. The number of anilines is 1. The lowest BCUT2D eigenvalue weighted by Crippen LogP contribution is -2.45. The molecular formula is C14H15Cl2N3S. The van der Waals surface area contributed by atoms with Crippen LogP contribution in [0.1, 0.15) is 4.88 Å². The summed E-state index contributed by atoms with van der Waals surface area (Å²) in [5.41, 5.74) is 3.04. The summed E-state index contributed by atoms with van der Waals surface area (Å²) in [4.78, 5) is 10.3. The summed E-state index contributed by atoms with van der Waals surface area (Å²) in [5, 5.41) is 1.23. The van der Waals surface area contributed by atoms with Gasteiger partial charge in [0.25, 0.3) is 0 Å². The second-order valence-electron chi connectivity index (χ2n) is 4.83. The predicted molar refractivity (Wildman–Crippen MR) is 86.1 cm³/mol. The average molecular weight is 328 g/mol. The molecule has 106 valence electrons. The Labute approximate surface area is 132 Å². The van der Waals surface area contributed by atoms with Gasteiger partial charge in [0, 0.05) is 49.5 Å². The van der Waals surface area contributed by atoms with Crippen LogP contribution in [-0.4, -0.2) is 36.1 Å². The smallest absolute Gasteiger partial charge is 0.0794 e. The van der Waals surface area contributed by atoms with Crippen molar-refractivity contribution < 1.29 is 0 Å². The van der Waals surface area contributed by atoms with E-state index >= 15 is 0 Å². The number of aromatic nitrogens is 1. The fourth-order valence-electron chi connectivity index (χ4n) is 2.39. The van der Waals surface area contributed by atoms with E-state index in [-0.39, 0.29) is 0 Å². The zero-order chi connectivity index (χ0) is 13.9. The molecule has 1 aromatic carbocycles. The highest BCUT2D eigenvalue weighted by atomic mass is 35.5. The molecule has 1 aromatic heterocycles. The molecule has 3 nitrogen and oxygen atoms in total. The van der Waals surface area contributed by atoms with E-state index in [2.05, 4.69) is 14.8 Å². The summed E-state index contributed by atoms with van der Waals surface area (Å²) in [6, 6.07) is 5.85. The van der Waals surface area contributed by atoms with E-state index in [0.717, 1.165) is 38.4 Å². The molecule has 0 radical (unpaired) electrons. The molecule has 1 saturated heterocycles. The number of thiazole rings is 1. The lowest BCUT2D eigenvalue weighted by Gasteiger charge is -2.36. The van der Waals surface area contributed by atoms with Crippen molar-refractivity contribution in [2.24, 2.45) is 0 Å². The number of hydrogen-bond donors (Lipinski definition) is 0. The van der Waals surface area contributed by atoms with Crippen LogP contribution in [0.5, 0.6) is 0 Å². The van der Waals surface area contributed by atoms with Gasteiger partial charge in [-0.25, -0.2) is 0 Å². The van der Waals surface area contributed by atoms with Crippen LogP contribution in [0.2, 0.25) is 10.0 Å². The third kappa shape index (κ3) is 3.26. The first-order chi connectivity index (χ1) is 9.72. The predicted octanol–water partition coefficient (Wildman–Crippen LogP) is 3.77. The van der Waals surface area contributed by atoms with E-state index < -0.39 is 0 Å². The molecule has 1 aliphatic rings. The van der Waals surface area contributed by atoms with E-state index in [0.29, 0.717) is 10.0 Å². The number of halogens is 2. The molecule has 2 aromatic rings. The van der Waals surface area contributed by atoms with Crippen LogP contribution in [0.25, 0.3) is 0 Å². The Morgan fingerprint density at radius 2 is 1.90 bits per heavy atom. The Hall–Kier alpha value is -0.810. The maximum Gasteiger partial charge on any atom is 0.0794 e. The highest BCUT2D eigenvalue weighted by Gasteiger charge is 2.18. The van der Waals surface area contributed by atoms with Crippen LogP contribution >= 0.6 is 34.5 Å². The highest BCUT2D eigenvalue weighted by Crippen LogP contribution is 2.27. The first kappa shape index (κ1) is 14.1. The Bertz CT molecular complexity index is 566. The summed E-state index contributed by atoms with van der Waals surface area (Å²) in [5.74, 6) is 0. The van der Waals surface area contributed by atoms with Crippen LogP contribution < -0.4 is 4.90 Å². The molecule has 0 N–H and O–H groups in total. The normalized spacial score (nSPS) is 16.6. The van der Waals surface area contributed by atoms with Crippen LogP contribution in [0, 0.1) is 0 Å². The minimum atomic E-state index is 0.610. The molecular weight excluding hydrogens is 313 g/mol. The largest absolute Gasteiger partial charge is 0.369 e. The summed E-state index contributed by atoms with van der Waals surface area (Å²) in [6.45, 7) is 5.13. The Morgan fingerprint density at radius 1 is 1.10 bits per heavy atom. The van der Waals surface area contributed by atoms with Crippen molar-refractivity contribution >= 4 is 40.2 Å². The van der Waals surface area contributed by atoms with Crippen LogP contribution in [0.3, 0.4) is 0 Å². The van der Waals surface area contributed by atoms with Gasteiger partial charge in [-0.3, -0.25) is 9.88 Å². The quantitative estimate of drug-likeness (QED) is 0.855. The van der Waals surface area contributed by atoms with E-state index in [1.165, 1.54) is 4.88 Å². The van der Waals surface area contributed by atoms with Crippen molar-refractivity contribution in [2.45, 2.75) is 6.54 Å². The summed E-state index contributed by atoms with van der Waals surface area (Å²) in [6.07, 6.45) is 1.95. The summed E-state index contributed by atoms with van der Waals surface area (Å²) in [7, 11) is 0. The molecule has 20 heavy (non-hydrogen) atoms. The molecule has 1 fully saturated rings. The molecule has 0 aliphatic carbocycles. The second kappa shape index (κ2) is 6.31. The minimum absolute atomic E-state index is 0.610. The Balaban J connectivity index is 1.59. The number of hydrogen-bond acceptors (Lipinski definition) is 4. The van der Waals surface area contributed by atoms with Gasteiger partial charge in [-0.05, 0) is 18.2 Å². The molecule has 3 rings (SSSR count). The second-order valence-corrected chi connectivity index (χ2v) is 6.61. The lowest BCUT2D eigenvalue weighted by molar-refractivity contribution is 0.252. The Kier molecular flexibility index (Phi) is 4.46. The van der Waals surface area contributed by atoms with Crippen LogP contribution in [0.4, 0.5) is 5.69 Å². The van der Waals surface area contributed by atoms with E-state index in [4.69, 9.17) is 23.2 Å². The third-order valence-electron chi connectivity index (χ3n) is 3.50. The number of nitrogens with zero attached hydrogens (tertiary/aromatic N) is 3. The Morgan fingerprint density at radius 3 is 2.55 bits per heavy atom. The van der Waals surface area contributed by atoms with Crippen LogP contribution in [-0.2, 0) is 6.54 Å². The average Bonchev–Trinajstić information content (AvgIpc) is 2.96. The van der Waals surface area contributed by atoms with Gasteiger partial charge < -0.3 is 4.90 Å². The van der Waals surface area contributed by atoms with Crippen molar-refractivity contribution in [2.75, 3.05) is 31.1 Å². The van der Waals surface area contributed by atoms with Crippen molar-refractivity contribution in [1.82, 2.24) is 9.88 Å². The standard InChI is InChI=1S/C14H15Cl2N3S/c15-13-2-1-11(7-14(13)16)19-5-3-18(4-6-19)9-12-8-17-10-20-12/h1-2,7-8,10H,3-6,9H2. The van der Waals surface area contributed by atoms with Crippen molar-refractivity contribution in [3.63, 3.8) is 0 Å². The van der Waals surface area contributed by atoms with E-state index in [1.54, 1.807) is 11.3 Å². The topological polar surface area (TPSA) is 19.4 Å². The molecule has 6 heteroatoms. The van der Waals surface area contributed by atoms with Crippen molar-refractivity contribution in [3.05, 3.63) is 44.8 Å².